The lowest BCUT2D eigenvalue weighted by Crippen LogP contribution is -2.40. The van der Waals surface area contributed by atoms with E-state index < -0.39 is 37.1 Å². The van der Waals surface area contributed by atoms with Crippen molar-refractivity contribution in [3.63, 3.8) is 0 Å². The molecule has 0 amide bonds. The fourth-order valence-electron chi connectivity index (χ4n) is 2.00. The number of aliphatic hydroxyl groups is 3. The summed E-state index contributed by atoms with van der Waals surface area (Å²) in [5.41, 5.74) is 0.162. The van der Waals surface area contributed by atoms with Crippen molar-refractivity contribution in [2.24, 2.45) is 0 Å². The minimum atomic E-state index is -1.21. The molecule has 2 heterocycles. The van der Waals surface area contributed by atoms with Crippen LogP contribution in [0, 0.1) is 0 Å². The van der Waals surface area contributed by atoms with Crippen LogP contribution >= 0.6 is 0 Å². The van der Waals surface area contributed by atoms with Crippen LogP contribution in [0.4, 0.5) is 0 Å². The molecule has 0 aliphatic carbocycles. The Balaban J connectivity index is 2.15. The maximum absolute atomic E-state index is 10.9. The van der Waals surface area contributed by atoms with Gasteiger partial charge in [-0.25, -0.2) is 4.79 Å². The predicted molar refractivity (Wildman–Crippen MR) is 59.1 cm³/mol. The summed E-state index contributed by atoms with van der Waals surface area (Å²) in [5.74, 6) is -1.05. The molecule has 0 aromatic heterocycles. The molecule has 1 fully saturated rings. The van der Waals surface area contributed by atoms with Crippen molar-refractivity contribution in [3.8, 4) is 0 Å². The topological polar surface area (TPSA) is 110 Å². The third-order valence-electron chi connectivity index (χ3n) is 3.01. The molecule has 4 N–H and O–H groups in total. The van der Waals surface area contributed by atoms with Gasteiger partial charge in [0.25, 0.3) is 0 Å². The van der Waals surface area contributed by atoms with Crippen LogP contribution in [-0.4, -0.2) is 62.4 Å². The number of ether oxygens (including phenoxy) is 1. The van der Waals surface area contributed by atoms with Crippen molar-refractivity contribution in [2.45, 2.75) is 31.0 Å². The van der Waals surface area contributed by atoms with E-state index in [0.717, 1.165) is 0 Å². The number of aliphatic carboxylic acids is 1. The van der Waals surface area contributed by atoms with Gasteiger partial charge in [0.1, 0.15) is 18.3 Å². The highest BCUT2D eigenvalue weighted by Gasteiger charge is 2.44. The van der Waals surface area contributed by atoms with Gasteiger partial charge in [-0.15, -0.1) is 0 Å². The Morgan fingerprint density at radius 1 is 1.44 bits per heavy atom. The van der Waals surface area contributed by atoms with Crippen LogP contribution in [0.5, 0.6) is 0 Å². The predicted octanol–water partition coefficient (Wildman–Crippen LogP) is -1.39. The SMILES string of the molecule is O=C(O)C1=CN(C2OC(CO)C(O)C2O)C=CC1. The van der Waals surface area contributed by atoms with Crippen LogP contribution in [0.15, 0.2) is 24.0 Å². The number of allylic oxidation sites excluding steroid dienone is 1. The first-order valence-corrected chi connectivity index (χ1v) is 5.55. The summed E-state index contributed by atoms with van der Waals surface area (Å²) in [7, 11) is 0. The van der Waals surface area contributed by atoms with Crippen molar-refractivity contribution in [1.82, 2.24) is 4.90 Å². The molecule has 0 radical (unpaired) electrons. The molecule has 0 bridgehead atoms. The highest BCUT2D eigenvalue weighted by molar-refractivity contribution is 5.87. The lowest BCUT2D eigenvalue weighted by Gasteiger charge is -2.28. The first kappa shape index (κ1) is 13.0. The van der Waals surface area contributed by atoms with Gasteiger partial charge in [0.05, 0.1) is 12.2 Å². The number of hydrogen-bond donors (Lipinski definition) is 4. The smallest absolute Gasteiger partial charge is 0.333 e. The number of carboxylic acid groups (broad SMARTS) is 1. The van der Waals surface area contributed by atoms with E-state index in [2.05, 4.69) is 0 Å². The number of nitrogens with zero attached hydrogens (tertiary/aromatic N) is 1. The minimum absolute atomic E-state index is 0.162. The van der Waals surface area contributed by atoms with Crippen molar-refractivity contribution in [3.05, 3.63) is 24.0 Å². The molecule has 0 spiro atoms. The Hall–Kier alpha value is -1.41. The third kappa shape index (κ3) is 2.25. The van der Waals surface area contributed by atoms with Crippen molar-refractivity contribution in [1.29, 1.82) is 0 Å². The van der Waals surface area contributed by atoms with Gasteiger partial charge in [-0.05, 0) is 0 Å². The van der Waals surface area contributed by atoms with E-state index in [1.807, 2.05) is 0 Å². The van der Waals surface area contributed by atoms with E-state index in [4.69, 9.17) is 14.9 Å². The van der Waals surface area contributed by atoms with E-state index in [9.17, 15) is 15.0 Å². The molecule has 0 saturated carbocycles. The number of carboxylic acids is 1. The van der Waals surface area contributed by atoms with Crippen LogP contribution in [0.2, 0.25) is 0 Å². The number of carbonyl (C=O) groups is 1. The van der Waals surface area contributed by atoms with Crippen LogP contribution < -0.4 is 0 Å². The Kier molecular flexibility index (Phi) is 3.67. The Bertz CT molecular complexity index is 393. The third-order valence-corrected chi connectivity index (χ3v) is 3.01. The molecule has 4 unspecified atom stereocenters. The maximum atomic E-state index is 10.9. The molecular weight excluding hydrogens is 242 g/mol. The minimum Gasteiger partial charge on any atom is -0.478 e. The first-order chi connectivity index (χ1) is 8.54. The second-order valence-electron chi connectivity index (χ2n) is 4.22. The number of aliphatic hydroxyl groups excluding tert-OH is 3. The number of rotatable bonds is 3. The summed E-state index contributed by atoms with van der Waals surface area (Å²) < 4.78 is 5.29. The summed E-state index contributed by atoms with van der Waals surface area (Å²) in [6.45, 7) is -0.415. The van der Waals surface area contributed by atoms with Crippen molar-refractivity contribution in [2.75, 3.05) is 6.61 Å². The van der Waals surface area contributed by atoms with Gasteiger partial charge >= 0.3 is 5.97 Å². The second kappa shape index (κ2) is 5.07. The molecule has 4 atom stereocenters. The largest absolute Gasteiger partial charge is 0.478 e. The fraction of sp³-hybridized carbons (Fsp3) is 0.545. The lowest BCUT2D eigenvalue weighted by molar-refractivity contribution is -0.133. The van der Waals surface area contributed by atoms with Crippen LogP contribution in [-0.2, 0) is 9.53 Å². The highest BCUT2D eigenvalue weighted by atomic mass is 16.6. The zero-order valence-corrected chi connectivity index (χ0v) is 9.51. The zero-order chi connectivity index (χ0) is 13.3. The van der Waals surface area contributed by atoms with Gasteiger partial charge < -0.3 is 30.1 Å². The Morgan fingerprint density at radius 3 is 2.72 bits per heavy atom. The standard InChI is InChI=1S/C11H15NO6/c13-5-7-8(14)9(15)10(18-7)12-3-1-2-6(4-12)11(16)17/h1,3-4,7-10,13-15H,2,5H2,(H,16,17). The van der Waals surface area contributed by atoms with Crippen LogP contribution in [0.25, 0.3) is 0 Å². The molecule has 2 aliphatic heterocycles. The van der Waals surface area contributed by atoms with Crippen LogP contribution in [0.1, 0.15) is 6.42 Å². The Morgan fingerprint density at radius 2 is 2.17 bits per heavy atom. The van der Waals surface area contributed by atoms with Gasteiger partial charge in [-0.1, -0.05) is 6.08 Å². The van der Waals surface area contributed by atoms with Gasteiger partial charge in [0.2, 0.25) is 0 Å². The van der Waals surface area contributed by atoms with E-state index in [0.29, 0.717) is 6.42 Å². The molecule has 1 saturated heterocycles. The summed E-state index contributed by atoms with van der Waals surface area (Å²) >= 11 is 0. The number of hydrogen-bond acceptors (Lipinski definition) is 6. The first-order valence-electron chi connectivity index (χ1n) is 5.55. The normalized spacial score (nSPS) is 35.7. The Labute approximate surface area is 103 Å². The maximum Gasteiger partial charge on any atom is 0.333 e. The highest BCUT2D eigenvalue weighted by Crippen LogP contribution is 2.26. The van der Waals surface area contributed by atoms with Gasteiger partial charge in [-0.3, -0.25) is 0 Å². The van der Waals surface area contributed by atoms with E-state index in [1.165, 1.54) is 11.1 Å². The molecule has 7 heteroatoms. The van der Waals surface area contributed by atoms with Gasteiger partial charge in [0.15, 0.2) is 6.23 Å². The van der Waals surface area contributed by atoms with E-state index >= 15 is 0 Å². The molecular formula is C11H15NO6. The fourth-order valence-corrected chi connectivity index (χ4v) is 2.00. The van der Waals surface area contributed by atoms with Gasteiger partial charge in [-0.2, -0.15) is 0 Å². The average Bonchev–Trinajstić information content (AvgIpc) is 2.66. The average molecular weight is 257 g/mol. The molecule has 2 aliphatic rings. The van der Waals surface area contributed by atoms with Gasteiger partial charge in [0, 0.05) is 18.8 Å². The quantitative estimate of drug-likeness (QED) is 0.493. The second-order valence-corrected chi connectivity index (χ2v) is 4.22. The summed E-state index contributed by atoms with van der Waals surface area (Å²) in [4.78, 5) is 12.2. The zero-order valence-electron chi connectivity index (χ0n) is 9.51. The molecule has 2 rings (SSSR count). The van der Waals surface area contributed by atoms with Crippen molar-refractivity contribution < 1.29 is 30.0 Å². The van der Waals surface area contributed by atoms with E-state index in [1.54, 1.807) is 12.3 Å². The molecule has 0 aromatic rings. The lowest BCUT2D eigenvalue weighted by atomic mass is 10.1. The van der Waals surface area contributed by atoms with E-state index in [-0.39, 0.29) is 5.57 Å². The summed E-state index contributed by atoms with van der Waals surface area (Å²) in [6.07, 6.45) is 0.659. The summed E-state index contributed by atoms with van der Waals surface area (Å²) in [6, 6.07) is 0. The van der Waals surface area contributed by atoms with Crippen LogP contribution in [0.3, 0.4) is 0 Å². The molecule has 18 heavy (non-hydrogen) atoms. The molecule has 7 nitrogen and oxygen atoms in total. The van der Waals surface area contributed by atoms with Crippen molar-refractivity contribution >= 4 is 5.97 Å². The summed E-state index contributed by atoms with van der Waals surface area (Å²) in [5, 5.41) is 37.3. The molecule has 100 valence electrons. The molecule has 0 aromatic carbocycles. The monoisotopic (exact) mass is 257 g/mol.